The summed E-state index contributed by atoms with van der Waals surface area (Å²) in [6.45, 7) is 9.00. The van der Waals surface area contributed by atoms with E-state index in [1.807, 2.05) is 16.7 Å². The van der Waals surface area contributed by atoms with Gasteiger partial charge in [-0.3, -0.25) is 0 Å². The fraction of sp³-hybridized carbons (Fsp3) is 0.400. The molecule has 0 saturated heterocycles. The lowest BCUT2D eigenvalue weighted by molar-refractivity contribution is 0.301. The van der Waals surface area contributed by atoms with Crippen molar-refractivity contribution in [2.24, 2.45) is 0 Å². The normalized spacial score (nSPS) is 12.3. The highest BCUT2D eigenvalue weighted by Gasteiger charge is 2.22. The van der Waals surface area contributed by atoms with Crippen LogP contribution in [0.2, 0.25) is 0 Å². The molecule has 2 nitrogen and oxygen atoms in total. The molecular weight excluding hydrogens is 427 g/mol. The van der Waals surface area contributed by atoms with E-state index in [1.165, 1.54) is 34.1 Å². The first kappa shape index (κ1) is 19.6. The van der Waals surface area contributed by atoms with Gasteiger partial charge >= 0.3 is 0 Å². The summed E-state index contributed by atoms with van der Waals surface area (Å²) < 4.78 is 0. The van der Waals surface area contributed by atoms with Crippen LogP contribution >= 0.6 is 34.4 Å². The molecule has 0 amide bonds. The molecule has 2 aromatic rings. The molecule has 4 heteroatoms. The molecular formula is C20H27IN2S. The molecule has 0 unspecified atom stereocenters. The minimum Gasteiger partial charge on any atom is -0.340 e. The van der Waals surface area contributed by atoms with Crippen LogP contribution in [0.5, 0.6) is 0 Å². The van der Waals surface area contributed by atoms with Gasteiger partial charge in [-0.15, -0.1) is 0 Å². The molecule has 1 aliphatic rings. The van der Waals surface area contributed by atoms with Crippen LogP contribution in [-0.4, -0.2) is 36.0 Å². The van der Waals surface area contributed by atoms with Crippen molar-refractivity contribution in [1.82, 2.24) is 4.90 Å². The second kappa shape index (κ2) is 10.3. The highest BCUT2D eigenvalue weighted by molar-refractivity contribution is 14.1. The number of alkyl halides is 1. The van der Waals surface area contributed by atoms with Crippen LogP contribution in [-0.2, 0) is 0 Å². The molecule has 0 aliphatic carbocycles. The van der Waals surface area contributed by atoms with E-state index in [2.05, 4.69) is 94.8 Å². The Morgan fingerprint density at radius 1 is 0.875 bits per heavy atom. The number of rotatable bonds is 6. The Labute approximate surface area is 164 Å². The first-order chi connectivity index (χ1) is 11.8. The van der Waals surface area contributed by atoms with Gasteiger partial charge in [0, 0.05) is 16.3 Å². The summed E-state index contributed by atoms with van der Waals surface area (Å²) in [6, 6.07) is 17.5. The molecule has 1 heterocycles. The van der Waals surface area contributed by atoms with Crippen molar-refractivity contribution in [3.05, 3.63) is 48.5 Å². The number of nitrogens with zero attached hydrogens (tertiary/aromatic N) is 2. The van der Waals surface area contributed by atoms with Crippen LogP contribution in [0.25, 0.3) is 0 Å². The SMILES string of the molecule is CCN(CC)CCCN1c2ccccc2Sc2ccccc21.CI. The number of hydrogen-bond donors (Lipinski definition) is 0. The average molecular weight is 454 g/mol. The maximum absolute atomic E-state index is 2.50. The fourth-order valence-corrected chi connectivity index (χ4v) is 4.11. The van der Waals surface area contributed by atoms with Gasteiger partial charge in [0.1, 0.15) is 0 Å². The smallest absolute Gasteiger partial charge is 0.0552 e. The molecule has 1 aliphatic heterocycles. The Hall–Kier alpha value is -0.720. The first-order valence-electron chi connectivity index (χ1n) is 8.57. The van der Waals surface area contributed by atoms with Gasteiger partial charge in [-0.25, -0.2) is 0 Å². The highest BCUT2D eigenvalue weighted by Crippen LogP contribution is 2.47. The maximum Gasteiger partial charge on any atom is 0.0552 e. The largest absolute Gasteiger partial charge is 0.340 e. The van der Waals surface area contributed by atoms with Crippen molar-refractivity contribution < 1.29 is 0 Å². The Morgan fingerprint density at radius 2 is 1.38 bits per heavy atom. The number of hydrogen-bond acceptors (Lipinski definition) is 3. The maximum atomic E-state index is 2.50. The molecule has 0 N–H and O–H groups in total. The van der Waals surface area contributed by atoms with Gasteiger partial charge in [-0.1, -0.05) is 72.5 Å². The lowest BCUT2D eigenvalue weighted by Crippen LogP contribution is -2.28. The second-order valence-corrected chi connectivity index (χ2v) is 6.65. The predicted octanol–water partition coefficient (Wildman–Crippen LogP) is 6.07. The van der Waals surface area contributed by atoms with Gasteiger partial charge in [0.05, 0.1) is 11.4 Å². The summed E-state index contributed by atoms with van der Waals surface area (Å²) in [7, 11) is 0. The van der Waals surface area contributed by atoms with Crippen LogP contribution in [0.3, 0.4) is 0 Å². The number of benzene rings is 2. The highest BCUT2D eigenvalue weighted by atomic mass is 127. The fourth-order valence-electron chi connectivity index (χ4n) is 3.01. The molecule has 0 saturated carbocycles. The summed E-state index contributed by atoms with van der Waals surface area (Å²) >= 11 is 4.03. The first-order valence-corrected chi connectivity index (χ1v) is 11.5. The van der Waals surface area contributed by atoms with Crippen LogP contribution in [0.15, 0.2) is 58.3 Å². The van der Waals surface area contributed by atoms with E-state index >= 15 is 0 Å². The zero-order valence-corrected chi connectivity index (χ0v) is 17.8. The van der Waals surface area contributed by atoms with E-state index in [0.29, 0.717) is 0 Å². The van der Waals surface area contributed by atoms with E-state index in [9.17, 15) is 0 Å². The molecule has 0 fully saturated rings. The number of fused-ring (bicyclic) bond motifs is 2. The van der Waals surface area contributed by atoms with Crippen LogP contribution in [0.1, 0.15) is 20.3 Å². The zero-order valence-electron chi connectivity index (χ0n) is 14.8. The Bertz CT molecular complexity index is 583. The summed E-state index contributed by atoms with van der Waals surface area (Å²) in [5.74, 6) is 0. The molecule has 3 rings (SSSR count). The standard InChI is InChI=1S/C19H24N2S.CH3I/c1-3-20(4-2)14-9-15-21-16-10-5-7-12-18(16)22-19-13-8-6-11-17(19)21;1-2/h5-8,10-13H,3-4,9,14-15H2,1-2H3;1H3. The number of anilines is 2. The summed E-state index contributed by atoms with van der Waals surface area (Å²) in [5.41, 5.74) is 2.71. The van der Waals surface area contributed by atoms with E-state index in [4.69, 9.17) is 0 Å². The minimum absolute atomic E-state index is 1.07. The third-order valence-corrected chi connectivity index (χ3v) is 5.41. The van der Waals surface area contributed by atoms with E-state index in [1.54, 1.807) is 0 Å². The van der Waals surface area contributed by atoms with Crippen molar-refractivity contribution in [3.63, 3.8) is 0 Å². The molecule has 0 bridgehead atoms. The average Bonchev–Trinajstić information content (AvgIpc) is 2.66. The Balaban J connectivity index is 0.00000100. The molecule has 2 aromatic carbocycles. The summed E-state index contributed by atoms with van der Waals surface area (Å²) in [5, 5.41) is 0. The van der Waals surface area contributed by atoms with Gasteiger partial charge in [-0.2, -0.15) is 0 Å². The lowest BCUT2D eigenvalue weighted by atomic mass is 10.2. The summed E-state index contributed by atoms with van der Waals surface area (Å²) in [6.07, 6.45) is 1.19. The topological polar surface area (TPSA) is 6.48 Å². The van der Waals surface area contributed by atoms with Crippen molar-refractivity contribution in [3.8, 4) is 0 Å². The van der Waals surface area contributed by atoms with Gasteiger partial charge in [0.25, 0.3) is 0 Å². The minimum atomic E-state index is 1.07. The van der Waals surface area contributed by atoms with Gasteiger partial charge in [0.15, 0.2) is 0 Å². The number of halogens is 1. The molecule has 24 heavy (non-hydrogen) atoms. The number of para-hydroxylation sites is 2. The Kier molecular flexibility index (Phi) is 8.42. The van der Waals surface area contributed by atoms with Crippen LogP contribution in [0, 0.1) is 0 Å². The van der Waals surface area contributed by atoms with Gasteiger partial charge in [-0.05, 0) is 55.3 Å². The predicted molar refractivity (Wildman–Crippen MR) is 116 cm³/mol. The van der Waals surface area contributed by atoms with Crippen molar-refractivity contribution in [2.45, 2.75) is 30.1 Å². The Morgan fingerprint density at radius 3 is 1.88 bits per heavy atom. The second-order valence-electron chi connectivity index (χ2n) is 5.57. The zero-order chi connectivity index (χ0) is 17.4. The van der Waals surface area contributed by atoms with Crippen molar-refractivity contribution in [1.29, 1.82) is 0 Å². The molecule has 0 atom stereocenters. The van der Waals surface area contributed by atoms with Crippen molar-refractivity contribution >= 4 is 45.7 Å². The van der Waals surface area contributed by atoms with Crippen molar-refractivity contribution in [2.75, 3.05) is 36.0 Å². The lowest BCUT2D eigenvalue weighted by Gasteiger charge is -2.33. The third-order valence-electron chi connectivity index (χ3n) is 4.28. The van der Waals surface area contributed by atoms with E-state index < -0.39 is 0 Å². The van der Waals surface area contributed by atoms with Gasteiger partial charge in [0.2, 0.25) is 0 Å². The molecule has 0 spiro atoms. The quantitative estimate of drug-likeness (QED) is 0.386. The third kappa shape index (κ3) is 4.67. The molecule has 0 radical (unpaired) electrons. The van der Waals surface area contributed by atoms with Crippen LogP contribution in [0.4, 0.5) is 11.4 Å². The van der Waals surface area contributed by atoms with Crippen LogP contribution < -0.4 is 4.90 Å². The summed E-state index contributed by atoms with van der Waals surface area (Å²) in [4.78, 5) is 9.69. The monoisotopic (exact) mass is 454 g/mol. The van der Waals surface area contributed by atoms with Gasteiger partial charge < -0.3 is 9.80 Å². The van der Waals surface area contributed by atoms with E-state index in [-0.39, 0.29) is 0 Å². The van der Waals surface area contributed by atoms with E-state index in [0.717, 1.165) is 19.6 Å². The molecule has 0 aromatic heterocycles. The molecule has 130 valence electrons.